The zero-order valence-corrected chi connectivity index (χ0v) is 20.5. The number of aromatic nitrogens is 1. The van der Waals surface area contributed by atoms with E-state index in [2.05, 4.69) is 65.2 Å². The predicted molar refractivity (Wildman–Crippen MR) is 142 cm³/mol. The molecule has 2 heterocycles. The molecule has 0 fully saturated rings. The van der Waals surface area contributed by atoms with Gasteiger partial charge in [0.1, 0.15) is 12.2 Å². The van der Waals surface area contributed by atoms with E-state index in [9.17, 15) is 8.78 Å². The molecular weight excluding hydrogens is 470 g/mol. The number of rotatable bonds is 6. The minimum Gasteiger partial charge on any atom is -0.359 e. The van der Waals surface area contributed by atoms with Gasteiger partial charge in [-0.15, -0.1) is 0 Å². The van der Waals surface area contributed by atoms with Gasteiger partial charge >= 0.3 is 0 Å². The van der Waals surface area contributed by atoms with Gasteiger partial charge < -0.3 is 4.52 Å². The molecule has 4 aromatic rings. The van der Waals surface area contributed by atoms with E-state index < -0.39 is 11.6 Å². The van der Waals surface area contributed by atoms with Crippen molar-refractivity contribution in [1.29, 1.82) is 0 Å². The summed E-state index contributed by atoms with van der Waals surface area (Å²) < 4.78 is 33.4. The topological polar surface area (TPSA) is 54.0 Å². The fraction of sp³-hybridized carbons (Fsp3) is 0.100. The fourth-order valence-electron chi connectivity index (χ4n) is 3.94. The van der Waals surface area contributed by atoms with Crippen molar-refractivity contribution in [3.05, 3.63) is 125 Å². The lowest BCUT2D eigenvalue weighted by molar-refractivity contribution is 0.305. The second-order valence-electron chi connectivity index (χ2n) is 8.80. The van der Waals surface area contributed by atoms with Crippen molar-refractivity contribution in [1.82, 2.24) is 10.2 Å². The molecule has 0 atom stereocenters. The summed E-state index contributed by atoms with van der Waals surface area (Å²) in [4.78, 5) is 4.46. The van der Waals surface area contributed by atoms with E-state index in [0.717, 1.165) is 28.5 Å². The summed E-state index contributed by atoms with van der Waals surface area (Å²) in [5, 5.41) is 10.2. The van der Waals surface area contributed by atoms with Crippen LogP contribution in [0.1, 0.15) is 23.8 Å². The van der Waals surface area contributed by atoms with E-state index in [4.69, 9.17) is 4.52 Å². The number of hydrogen-bond acceptors (Lipinski definition) is 5. The van der Waals surface area contributed by atoms with Gasteiger partial charge in [-0.3, -0.25) is 10.0 Å². The van der Waals surface area contributed by atoms with Gasteiger partial charge in [0.25, 0.3) is 0 Å². The second-order valence-corrected chi connectivity index (χ2v) is 8.80. The van der Waals surface area contributed by atoms with Crippen molar-refractivity contribution in [3.63, 3.8) is 0 Å². The Balaban J connectivity index is 1.31. The Bertz CT molecular complexity index is 1550. The molecule has 7 heteroatoms. The Labute approximate surface area is 213 Å². The van der Waals surface area contributed by atoms with Crippen molar-refractivity contribution in [2.24, 2.45) is 10.1 Å². The lowest BCUT2D eigenvalue weighted by atomic mass is 10.0. The van der Waals surface area contributed by atoms with Crippen LogP contribution in [0.2, 0.25) is 0 Å². The summed E-state index contributed by atoms with van der Waals surface area (Å²) in [5.41, 5.74) is 6.63. The number of hydrazone groups is 1. The Morgan fingerprint density at radius 3 is 2.38 bits per heavy atom. The standard InChI is InChI=1S/C30H24F2N4O/c1-19-7-9-22(10-8-19)23-11-13-24(14-12-23)28-15-25(37-35-28)17-36-18-29(20(2)16-33-36)34-21(3)26-5-4-6-27(31)30(26)32/h4-16,18H,2,17H2,1,3H3. The molecule has 1 aliphatic rings. The minimum absolute atomic E-state index is 0.0936. The van der Waals surface area contributed by atoms with Crippen molar-refractivity contribution in [2.45, 2.75) is 20.4 Å². The lowest BCUT2D eigenvalue weighted by Crippen LogP contribution is -2.15. The first-order valence-corrected chi connectivity index (χ1v) is 11.7. The molecule has 0 amide bonds. The summed E-state index contributed by atoms with van der Waals surface area (Å²) in [6, 6.07) is 22.4. The Morgan fingerprint density at radius 1 is 0.973 bits per heavy atom. The van der Waals surface area contributed by atoms with Crippen LogP contribution < -0.4 is 0 Å². The van der Waals surface area contributed by atoms with Gasteiger partial charge in [0, 0.05) is 28.5 Å². The summed E-state index contributed by atoms with van der Waals surface area (Å²) in [6.45, 7) is 7.94. The first kappa shape index (κ1) is 24.1. The molecule has 0 radical (unpaired) electrons. The van der Waals surface area contributed by atoms with Crippen LogP contribution in [0.15, 0.2) is 111 Å². The van der Waals surface area contributed by atoms with Crippen LogP contribution in [0.5, 0.6) is 0 Å². The smallest absolute Gasteiger partial charge is 0.167 e. The van der Waals surface area contributed by atoms with Crippen LogP contribution in [0, 0.1) is 18.6 Å². The average molecular weight is 495 g/mol. The van der Waals surface area contributed by atoms with E-state index in [1.54, 1.807) is 24.3 Å². The predicted octanol–water partition coefficient (Wildman–Crippen LogP) is 7.30. The maximum absolute atomic E-state index is 14.2. The molecule has 0 saturated heterocycles. The van der Waals surface area contributed by atoms with Crippen LogP contribution in [-0.4, -0.2) is 22.1 Å². The first-order chi connectivity index (χ1) is 17.9. The van der Waals surface area contributed by atoms with Crippen LogP contribution in [0.3, 0.4) is 0 Å². The number of allylic oxidation sites excluding steroid dienone is 1. The van der Waals surface area contributed by atoms with E-state index in [0.29, 0.717) is 29.3 Å². The Morgan fingerprint density at radius 2 is 1.65 bits per heavy atom. The van der Waals surface area contributed by atoms with Gasteiger partial charge in [0.2, 0.25) is 0 Å². The van der Waals surface area contributed by atoms with Gasteiger partial charge in [-0.1, -0.05) is 71.9 Å². The van der Waals surface area contributed by atoms with Crippen molar-refractivity contribution in [3.8, 4) is 22.4 Å². The largest absolute Gasteiger partial charge is 0.359 e. The summed E-state index contributed by atoms with van der Waals surface area (Å²) in [5.74, 6) is -1.25. The molecule has 37 heavy (non-hydrogen) atoms. The van der Waals surface area contributed by atoms with Gasteiger partial charge in [0.15, 0.2) is 17.4 Å². The van der Waals surface area contributed by atoms with Crippen molar-refractivity contribution in [2.75, 3.05) is 0 Å². The molecule has 0 bridgehead atoms. The molecular formula is C30H24F2N4O. The number of hydrogen-bond donors (Lipinski definition) is 0. The van der Waals surface area contributed by atoms with Crippen LogP contribution in [0.4, 0.5) is 8.78 Å². The van der Waals surface area contributed by atoms with E-state index >= 15 is 0 Å². The molecule has 5 nitrogen and oxygen atoms in total. The molecule has 5 rings (SSSR count). The van der Waals surface area contributed by atoms with E-state index in [1.807, 2.05) is 18.2 Å². The van der Waals surface area contributed by atoms with Crippen LogP contribution in [-0.2, 0) is 6.54 Å². The molecule has 0 N–H and O–H groups in total. The molecule has 1 aromatic heterocycles. The van der Waals surface area contributed by atoms with Crippen molar-refractivity contribution < 1.29 is 13.3 Å². The average Bonchev–Trinajstić information content (AvgIpc) is 3.36. The lowest BCUT2D eigenvalue weighted by Gasteiger charge is -2.18. The van der Waals surface area contributed by atoms with Crippen molar-refractivity contribution >= 4 is 11.9 Å². The van der Waals surface area contributed by atoms with Crippen LogP contribution >= 0.6 is 0 Å². The molecule has 3 aromatic carbocycles. The maximum Gasteiger partial charge on any atom is 0.167 e. The maximum atomic E-state index is 14.2. The molecule has 0 aliphatic carbocycles. The highest BCUT2D eigenvalue weighted by atomic mass is 19.2. The first-order valence-electron chi connectivity index (χ1n) is 11.7. The Hall–Kier alpha value is -4.65. The number of halogens is 2. The van der Waals surface area contributed by atoms with E-state index in [-0.39, 0.29) is 5.56 Å². The summed E-state index contributed by atoms with van der Waals surface area (Å²) >= 11 is 0. The fourth-order valence-corrected chi connectivity index (χ4v) is 3.94. The third kappa shape index (κ3) is 5.30. The molecule has 0 saturated carbocycles. The van der Waals surface area contributed by atoms with Gasteiger partial charge in [-0.05, 0) is 37.1 Å². The molecule has 0 unspecified atom stereocenters. The highest BCUT2D eigenvalue weighted by molar-refractivity contribution is 6.00. The molecule has 1 aliphatic heterocycles. The number of nitrogens with zero attached hydrogens (tertiary/aromatic N) is 4. The number of benzene rings is 3. The number of aliphatic imine (C=N–C) groups is 1. The highest BCUT2D eigenvalue weighted by Crippen LogP contribution is 2.26. The normalized spacial score (nSPS) is 13.7. The third-order valence-electron chi connectivity index (χ3n) is 6.03. The molecule has 184 valence electrons. The van der Waals surface area contributed by atoms with Gasteiger partial charge in [0.05, 0.1) is 18.1 Å². The SMILES string of the molecule is C=C1C=NN(Cc2cc(-c3ccc(-c4ccc(C)cc4)cc3)no2)C=C1N=C(C)c1cccc(F)c1F. The summed E-state index contributed by atoms with van der Waals surface area (Å²) in [6.07, 6.45) is 3.25. The second kappa shape index (κ2) is 10.1. The zero-order valence-electron chi connectivity index (χ0n) is 20.5. The minimum atomic E-state index is -0.933. The summed E-state index contributed by atoms with van der Waals surface area (Å²) in [7, 11) is 0. The molecule has 0 spiro atoms. The third-order valence-corrected chi connectivity index (χ3v) is 6.03. The van der Waals surface area contributed by atoms with Gasteiger partial charge in [-0.25, -0.2) is 8.78 Å². The van der Waals surface area contributed by atoms with Gasteiger partial charge in [-0.2, -0.15) is 5.10 Å². The highest BCUT2D eigenvalue weighted by Gasteiger charge is 2.16. The quantitative estimate of drug-likeness (QED) is 0.264. The number of aryl methyl sites for hydroxylation is 1. The van der Waals surface area contributed by atoms with E-state index in [1.165, 1.54) is 17.7 Å². The monoisotopic (exact) mass is 494 g/mol. The zero-order chi connectivity index (χ0) is 25.9. The van der Waals surface area contributed by atoms with Crippen LogP contribution in [0.25, 0.3) is 22.4 Å². The Kier molecular flexibility index (Phi) is 6.60.